The Bertz CT molecular complexity index is 350. The van der Waals surface area contributed by atoms with Crippen molar-refractivity contribution < 1.29 is 13.6 Å². The van der Waals surface area contributed by atoms with Crippen LogP contribution in [0.25, 0.3) is 0 Å². The molecular weight excluding hydrogens is 248 g/mol. The Labute approximate surface area is 80.8 Å². The summed E-state index contributed by atoms with van der Waals surface area (Å²) in [4.78, 5) is 10.8. The predicted molar refractivity (Wildman–Crippen MR) is 44.4 cm³/mol. The molecule has 2 N–H and O–H groups in total. The van der Waals surface area contributed by atoms with Gasteiger partial charge in [-0.05, 0) is 15.9 Å². The van der Waals surface area contributed by atoms with Crippen LogP contribution in [0.2, 0.25) is 0 Å². The highest BCUT2D eigenvalue weighted by atomic mass is 79.9. The van der Waals surface area contributed by atoms with Crippen LogP contribution in [0.15, 0.2) is 4.60 Å². The molecule has 72 valence electrons. The van der Waals surface area contributed by atoms with E-state index in [2.05, 4.69) is 21.0 Å². The minimum Gasteiger partial charge on any atom is -0.365 e. The lowest BCUT2D eigenvalue weighted by atomic mass is 10.2. The van der Waals surface area contributed by atoms with Crippen molar-refractivity contribution >= 4 is 21.8 Å². The van der Waals surface area contributed by atoms with E-state index in [9.17, 15) is 13.6 Å². The molecule has 0 bridgehead atoms. The number of amides is 1. The number of hydrogen-bond donors (Lipinski definition) is 1. The Kier molecular flexibility index (Phi) is 2.65. The van der Waals surface area contributed by atoms with Crippen LogP contribution in [0.5, 0.6) is 0 Å². The summed E-state index contributed by atoms with van der Waals surface area (Å²) >= 11 is 2.94. The van der Waals surface area contributed by atoms with E-state index in [1.807, 2.05) is 0 Å². The molecule has 0 aliphatic heterocycles. The predicted octanol–water partition coefficient (Wildman–Crippen LogP) is 1.22. The van der Waals surface area contributed by atoms with Gasteiger partial charge >= 0.3 is 0 Å². The van der Waals surface area contributed by atoms with Crippen LogP contribution < -0.4 is 5.73 Å². The van der Waals surface area contributed by atoms with E-state index in [1.54, 1.807) is 0 Å². The number of primary amides is 1. The first-order valence-electron chi connectivity index (χ1n) is 3.25. The van der Waals surface area contributed by atoms with E-state index < -0.39 is 18.0 Å². The second kappa shape index (κ2) is 3.41. The molecule has 0 unspecified atom stereocenters. The topological polar surface area (TPSA) is 60.9 Å². The third-order valence-electron chi connectivity index (χ3n) is 1.46. The third-order valence-corrected chi connectivity index (χ3v) is 2.37. The zero-order chi connectivity index (χ0) is 10.2. The zero-order valence-electron chi connectivity index (χ0n) is 6.59. The van der Waals surface area contributed by atoms with Crippen LogP contribution in [0.1, 0.15) is 22.5 Å². The van der Waals surface area contributed by atoms with Crippen molar-refractivity contribution in [2.45, 2.75) is 6.43 Å². The number of aryl methyl sites for hydroxylation is 1. The summed E-state index contributed by atoms with van der Waals surface area (Å²) in [5.74, 6) is -0.921. The fourth-order valence-corrected chi connectivity index (χ4v) is 1.38. The fraction of sp³-hybridized carbons (Fsp3) is 0.333. The van der Waals surface area contributed by atoms with Gasteiger partial charge in [0.25, 0.3) is 12.3 Å². The van der Waals surface area contributed by atoms with Crippen molar-refractivity contribution in [1.29, 1.82) is 0 Å². The van der Waals surface area contributed by atoms with Gasteiger partial charge in [0, 0.05) is 7.05 Å². The molecule has 1 rings (SSSR count). The summed E-state index contributed by atoms with van der Waals surface area (Å²) in [5, 5.41) is 3.45. The first-order valence-corrected chi connectivity index (χ1v) is 4.04. The van der Waals surface area contributed by atoms with Crippen LogP contribution in [-0.2, 0) is 7.05 Å². The number of rotatable bonds is 2. The maximum atomic E-state index is 12.3. The molecular formula is C6H6BrF2N3O. The minimum atomic E-state index is -2.81. The van der Waals surface area contributed by atoms with E-state index in [1.165, 1.54) is 7.05 Å². The molecule has 0 saturated heterocycles. The standard InChI is InChI=1S/C6H6BrF2N3O/c1-12-4(7)2(6(10)13)3(11-12)5(8)9/h5H,1H3,(H2,10,13). The number of aromatic nitrogens is 2. The lowest BCUT2D eigenvalue weighted by Crippen LogP contribution is -2.13. The summed E-state index contributed by atoms with van der Waals surface area (Å²) in [6.07, 6.45) is -2.81. The van der Waals surface area contributed by atoms with Crippen LogP contribution in [-0.4, -0.2) is 15.7 Å². The molecule has 1 amide bonds. The Morgan fingerprint density at radius 1 is 1.69 bits per heavy atom. The summed E-state index contributed by atoms with van der Waals surface area (Å²) in [7, 11) is 1.43. The highest BCUT2D eigenvalue weighted by Gasteiger charge is 2.24. The Balaban J connectivity index is 3.35. The lowest BCUT2D eigenvalue weighted by molar-refractivity contribution is 0.0984. The molecule has 0 aromatic carbocycles. The molecule has 0 spiro atoms. The number of alkyl halides is 2. The molecule has 0 aliphatic carbocycles. The Morgan fingerprint density at radius 2 is 2.23 bits per heavy atom. The fourth-order valence-electron chi connectivity index (χ4n) is 0.904. The van der Waals surface area contributed by atoms with Crippen molar-refractivity contribution in [3.8, 4) is 0 Å². The molecule has 0 atom stereocenters. The molecule has 0 aliphatic rings. The first-order chi connectivity index (χ1) is 5.95. The van der Waals surface area contributed by atoms with Crippen LogP contribution >= 0.6 is 15.9 Å². The van der Waals surface area contributed by atoms with Gasteiger partial charge in [-0.3, -0.25) is 9.48 Å². The van der Waals surface area contributed by atoms with Crippen molar-refractivity contribution in [2.24, 2.45) is 12.8 Å². The number of halogens is 3. The van der Waals surface area contributed by atoms with E-state index in [4.69, 9.17) is 5.73 Å². The van der Waals surface area contributed by atoms with Crippen molar-refractivity contribution in [1.82, 2.24) is 9.78 Å². The molecule has 1 heterocycles. The van der Waals surface area contributed by atoms with Crippen molar-refractivity contribution in [3.05, 3.63) is 15.9 Å². The van der Waals surface area contributed by atoms with Crippen molar-refractivity contribution in [2.75, 3.05) is 0 Å². The van der Waals surface area contributed by atoms with Gasteiger partial charge < -0.3 is 5.73 Å². The number of nitrogens with zero attached hydrogens (tertiary/aromatic N) is 2. The summed E-state index contributed by atoms with van der Waals surface area (Å²) in [6.45, 7) is 0. The molecule has 1 aromatic rings. The minimum absolute atomic E-state index is 0.162. The van der Waals surface area contributed by atoms with E-state index in [0.29, 0.717) is 0 Å². The highest BCUT2D eigenvalue weighted by molar-refractivity contribution is 9.10. The Morgan fingerprint density at radius 3 is 2.54 bits per heavy atom. The molecule has 4 nitrogen and oxygen atoms in total. The van der Waals surface area contributed by atoms with Gasteiger partial charge in [0.1, 0.15) is 15.9 Å². The number of nitrogens with two attached hydrogens (primary N) is 1. The van der Waals surface area contributed by atoms with Crippen molar-refractivity contribution in [3.63, 3.8) is 0 Å². The Hall–Kier alpha value is -0.980. The van der Waals surface area contributed by atoms with Gasteiger partial charge in [0.15, 0.2) is 0 Å². The number of carbonyl (C=O) groups is 1. The summed E-state index contributed by atoms with van der Waals surface area (Å²) in [5.41, 5.74) is 4.05. The summed E-state index contributed by atoms with van der Waals surface area (Å²) in [6, 6.07) is 0. The SMILES string of the molecule is Cn1nc(C(F)F)c(C(N)=O)c1Br. The van der Waals surface area contributed by atoms with E-state index in [0.717, 1.165) is 4.68 Å². The van der Waals surface area contributed by atoms with Gasteiger partial charge in [0.05, 0.1) is 0 Å². The monoisotopic (exact) mass is 253 g/mol. The maximum absolute atomic E-state index is 12.3. The molecule has 7 heteroatoms. The normalized spacial score (nSPS) is 10.8. The summed E-state index contributed by atoms with van der Waals surface area (Å²) < 4.78 is 25.8. The van der Waals surface area contributed by atoms with Gasteiger partial charge in [-0.1, -0.05) is 0 Å². The molecule has 0 fully saturated rings. The highest BCUT2D eigenvalue weighted by Crippen LogP contribution is 2.26. The lowest BCUT2D eigenvalue weighted by Gasteiger charge is -1.95. The second-order valence-corrected chi connectivity index (χ2v) is 3.09. The smallest absolute Gasteiger partial charge is 0.283 e. The molecule has 0 radical (unpaired) electrons. The molecule has 1 aromatic heterocycles. The number of carbonyl (C=O) groups excluding carboxylic acids is 1. The average molecular weight is 254 g/mol. The van der Waals surface area contributed by atoms with E-state index in [-0.39, 0.29) is 10.2 Å². The molecule has 13 heavy (non-hydrogen) atoms. The maximum Gasteiger partial charge on any atom is 0.283 e. The van der Waals surface area contributed by atoms with Crippen LogP contribution in [0.3, 0.4) is 0 Å². The molecule has 0 saturated carbocycles. The number of hydrogen-bond acceptors (Lipinski definition) is 2. The van der Waals surface area contributed by atoms with Gasteiger partial charge in [-0.2, -0.15) is 5.10 Å². The van der Waals surface area contributed by atoms with Gasteiger partial charge in [-0.25, -0.2) is 8.78 Å². The quantitative estimate of drug-likeness (QED) is 0.862. The van der Waals surface area contributed by atoms with Crippen LogP contribution in [0.4, 0.5) is 8.78 Å². The first kappa shape index (κ1) is 10.1. The second-order valence-electron chi connectivity index (χ2n) is 2.34. The largest absolute Gasteiger partial charge is 0.365 e. The average Bonchev–Trinajstić information content (AvgIpc) is 2.28. The van der Waals surface area contributed by atoms with Crippen LogP contribution in [0, 0.1) is 0 Å². The van der Waals surface area contributed by atoms with E-state index >= 15 is 0 Å². The zero-order valence-corrected chi connectivity index (χ0v) is 8.18. The van der Waals surface area contributed by atoms with Gasteiger partial charge in [0.2, 0.25) is 0 Å². The third kappa shape index (κ3) is 1.69. The van der Waals surface area contributed by atoms with Gasteiger partial charge in [-0.15, -0.1) is 0 Å².